The summed E-state index contributed by atoms with van der Waals surface area (Å²) in [5.41, 5.74) is -0.0917. The summed E-state index contributed by atoms with van der Waals surface area (Å²) in [4.78, 5) is 47.3. The van der Waals surface area contributed by atoms with Gasteiger partial charge < -0.3 is 19.8 Å². The van der Waals surface area contributed by atoms with Crippen LogP contribution < -0.4 is 59.1 Å². The number of aliphatic hydroxyl groups excluding tert-OH is 2. The number of esters is 1. The summed E-state index contributed by atoms with van der Waals surface area (Å²) in [6.07, 6.45) is 1.84. The molecule has 1 heterocycles. The predicted molar refractivity (Wildman–Crippen MR) is 124 cm³/mol. The van der Waals surface area contributed by atoms with Crippen molar-refractivity contribution in [2.45, 2.75) is 96.1 Å². The van der Waals surface area contributed by atoms with Gasteiger partial charge in [0.15, 0.2) is 6.10 Å². The monoisotopic (exact) mass is 574 g/mol. The SMILES string of the molecule is C[C@]12CC[C@H](OP(=O)(O)OC3C(=O)OC(C(O)CO)C3=O)CC1CCC1C2CC[C@]2(C)C(=O)CCC12.[Na+].[Na+]. The Hall–Kier alpha value is 0.840. The number of cyclic esters (lactones) is 1. The van der Waals surface area contributed by atoms with Gasteiger partial charge in [0.1, 0.15) is 11.9 Å². The Kier molecular flexibility index (Phi) is 10.7. The van der Waals surface area contributed by atoms with E-state index in [1.165, 1.54) is 0 Å². The van der Waals surface area contributed by atoms with E-state index in [4.69, 9.17) is 18.9 Å². The van der Waals surface area contributed by atoms with Crippen LogP contribution in [-0.4, -0.2) is 63.7 Å². The van der Waals surface area contributed by atoms with Gasteiger partial charge in [0.25, 0.3) is 0 Å². The van der Waals surface area contributed by atoms with E-state index in [0.29, 0.717) is 48.7 Å². The maximum absolute atomic E-state index is 12.7. The fourth-order valence-corrected chi connectivity index (χ4v) is 9.48. The van der Waals surface area contributed by atoms with E-state index < -0.39 is 50.6 Å². The molecule has 0 radical (unpaired) electrons. The molecule has 3 N–H and O–H groups in total. The van der Waals surface area contributed by atoms with Gasteiger partial charge in [-0.2, -0.15) is 0 Å². The zero-order valence-electron chi connectivity index (χ0n) is 22.8. The van der Waals surface area contributed by atoms with Crippen LogP contribution in [0.15, 0.2) is 0 Å². The zero-order chi connectivity index (χ0) is 26.0. The quantitative estimate of drug-likeness (QED) is 0.125. The minimum absolute atomic E-state index is 0. The van der Waals surface area contributed by atoms with Crippen LogP contribution in [0.2, 0.25) is 0 Å². The van der Waals surface area contributed by atoms with Gasteiger partial charge in [-0.25, -0.2) is 9.36 Å². The van der Waals surface area contributed by atoms with Gasteiger partial charge in [-0.15, -0.1) is 0 Å². The molecule has 0 bridgehead atoms. The molecular weight excluding hydrogens is 537 g/mol. The topological polar surface area (TPSA) is 157 Å². The van der Waals surface area contributed by atoms with E-state index in [2.05, 4.69) is 13.8 Å². The third kappa shape index (κ3) is 5.73. The van der Waals surface area contributed by atoms with Gasteiger partial charge in [0.2, 0.25) is 11.9 Å². The van der Waals surface area contributed by atoms with Crippen molar-refractivity contribution >= 4 is 25.4 Å². The van der Waals surface area contributed by atoms with E-state index in [1.54, 1.807) is 0 Å². The third-order valence-corrected chi connectivity index (χ3v) is 11.4. The average molecular weight is 575 g/mol. The number of Topliss-reactive ketones (excluding diaryl/α,β-unsaturated/α-hetero) is 2. The van der Waals surface area contributed by atoms with Crippen LogP contribution in [0.25, 0.3) is 0 Å². The molecule has 202 valence electrons. The van der Waals surface area contributed by atoms with Gasteiger partial charge >= 0.3 is 72.9 Å². The van der Waals surface area contributed by atoms with Crippen LogP contribution in [0.1, 0.15) is 71.6 Å². The zero-order valence-corrected chi connectivity index (χ0v) is 27.7. The second-order valence-corrected chi connectivity index (χ2v) is 13.4. The van der Waals surface area contributed by atoms with Crippen molar-refractivity contribution in [3.05, 3.63) is 0 Å². The second-order valence-electron chi connectivity index (χ2n) is 12.0. The molecule has 5 fully saturated rings. The Labute approximate surface area is 267 Å². The molecule has 5 rings (SSSR count). The molecule has 13 heteroatoms. The first-order valence-corrected chi connectivity index (χ1v) is 14.6. The normalized spacial score (nSPS) is 44.4. The van der Waals surface area contributed by atoms with Crippen LogP contribution in [0, 0.1) is 34.5 Å². The molecule has 8 unspecified atom stereocenters. The van der Waals surface area contributed by atoms with Crippen molar-refractivity contribution in [1.82, 2.24) is 0 Å². The summed E-state index contributed by atoms with van der Waals surface area (Å²) in [7, 11) is -4.78. The van der Waals surface area contributed by atoms with Crippen molar-refractivity contribution in [3.8, 4) is 0 Å². The number of fused-ring (bicyclic) bond motifs is 5. The summed E-state index contributed by atoms with van der Waals surface area (Å²) in [6.45, 7) is 3.68. The van der Waals surface area contributed by atoms with E-state index in [0.717, 1.165) is 38.5 Å². The summed E-state index contributed by atoms with van der Waals surface area (Å²) in [6, 6.07) is 0. The van der Waals surface area contributed by atoms with Crippen LogP contribution in [0.5, 0.6) is 0 Å². The van der Waals surface area contributed by atoms with E-state index in [1.807, 2.05) is 0 Å². The maximum atomic E-state index is 12.7. The summed E-state index contributed by atoms with van der Waals surface area (Å²) in [5, 5.41) is 18.6. The molecule has 0 aromatic heterocycles. The molecule has 0 spiro atoms. The molecule has 11 atom stereocenters. The summed E-state index contributed by atoms with van der Waals surface area (Å²) < 4.78 is 27.8. The van der Waals surface area contributed by atoms with Gasteiger partial charge in [-0.3, -0.25) is 18.6 Å². The Morgan fingerprint density at radius 2 is 1.74 bits per heavy atom. The summed E-state index contributed by atoms with van der Waals surface area (Å²) in [5.74, 6) is 0.0422. The van der Waals surface area contributed by atoms with Crippen molar-refractivity contribution in [3.63, 3.8) is 0 Å². The number of ketones is 2. The van der Waals surface area contributed by atoms with Crippen LogP contribution in [0.4, 0.5) is 0 Å². The number of phosphoric ester groups is 1. The van der Waals surface area contributed by atoms with Crippen LogP contribution >= 0.6 is 7.82 Å². The number of ether oxygens (including phenoxy) is 1. The van der Waals surface area contributed by atoms with Gasteiger partial charge in [-0.05, 0) is 80.5 Å². The third-order valence-electron chi connectivity index (χ3n) is 10.4. The Balaban J connectivity index is 0.00000200. The molecule has 1 aliphatic heterocycles. The Morgan fingerprint density at radius 3 is 2.42 bits per heavy atom. The van der Waals surface area contributed by atoms with E-state index >= 15 is 0 Å². The van der Waals surface area contributed by atoms with Gasteiger partial charge in [-0.1, -0.05) is 13.8 Å². The number of phosphoric acid groups is 1. The number of carbonyl (C=O) groups excluding carboxylic acids is 3. The average Bonchev–Trinajstić information content (AvgIpc) is 3.28. The molecule has 10 nitrogen and oxygen atoms in total. The number of hydrogen-bond acceptors (Lipinski definition) is 9. The van der Waals surface area contributed by atoms with Crippen molar-refractivity contribution < 1.29 is 107 Å². The standard InChI is InChI=1S/C25H37O10P.2Na/c1-24-9-7-14(34-36(31,32)35-22-20(29)21(18(27)12-26)33-23(22)30)11-13(24)3-4-15-16-5-6-19(28)25(16,2)10-8-17(15)24;;/h13-18,21-22,26-27H,3-12H2,1-2H3,(H,31,32);;/q;2*+1/t13?,14-,15?,16?,17?,18?,21?,22?,24-,25-;;/m0../s1. The Bertz CT molecular complexity index is 995. The minimum atomic E-state index is -4.78. The summed E-state index contributed by atoms with van der Waals surface area (Å²) >= 11 is 0. The van der Waals surface area contributed by atoms with E-state index in [-0.39, 0.29) is 69.9 Å². The minimum Gasteiger partial charge on any atom is -0.449 e. The molecule has 0 amide bonds. The molecule has 4 aliphatic carbocycles. The number of rotatable bonds is 6. The van der Waals surface area contributed by atoms with Gasteiger partial charge in [0.05, 0.1) is 12.7 Å². The molecule has 1 saturated heterocycles. The smallest absolute Gasteiger partial charge is 0.449 e. The maximum Gasteiger partial charge on any atom is 1.00 e. The fraction of sp³-hybridized carbons (Fsp3) is 0.880. The predicted octanol–water partition coefficient (Wildman–Crippen LogP) is -3.68. The largest absolute Gasteiger partial charge is 1.00 e. The van der Waals surface area contributed by atoms with Crippen molar-refractivity contribution in [1.29, 1.82) is 0 Å². The van der Waals surface area contributed by atoms with Crippen molar-refractivity contribution in [2.75, 3.05) is 6.61 Å². The fourth-order valence-electron chi connectivity index (χ4n) is 8.40. The number of aliphatic hydroxyl groups is 2. The van der Waals surface area contributed by atoms with Crippen LogP contribution in [-0.2, 0) is 32.7 Å². The van der Waals surface area contributed by atoms with Gasteiger partial charge in [0, 0.05) is 11.8 Å². The molecule has 4 saturated carbocycles. The first-order valence-electron chi connectivity index (χ1n) is 13.2. The van der Waals surface area contributed by atoms with Crippen molar-refractivity contribution in [2.24, 2.45) is 34.5 Å². The first-order chi connectivity index (χ1) is 16.9. The molecule has 5 aliphatic rings. The number of hydrogen-bond donors (Lipinski definition) is 3. The van der Waals surface area contributed by atoms with E-state index in [9.17, 15) is 28.9 Å². The Morgan fingerprint density at radius 1 is 1.03 bits per heavy atom. The second kappa shape index (κ2) is 12.2. The molecule has 38 heavy (non-hydrogen) atoms. The van der Waals surface area contributed by atoms with Crippen LogP contribution in [0.3, 0.4) is 0 Å². The molecular formula is C25H37Na2O10P+2. The number of carbonyl (C=O) groups is 3. The molecule has 0 aromatic rings. The molecule has 0 aromatic carbocycles. The first kappa shape index (κ1) is 33.3.